The molecule has 4 rings (SSSR count). The van der Waals surface area contributed by atoms with Crippen LogP contribution in [0.5, 0.6) is 23.0 Å². The first kappa shape index (κ1) is 22.7. The predicted octanol–water partition coefficient (Wildman–Crippen LogP) is 4.43. The number of rotatable bonds is 9. The highest BCUT2D eigenvalue weighted by atomic mass is 16.5. The van der Waals surface area contributed by atoms with E-state index in [-0.39, 0.29) is 11.9 Å². The van der Waals surface area contributed by atoms with E-state index in [1.54, 1.807) is 14.2 Å². The topological polar surface area (TPSA) is 60.0 Å². The van der Waals surface area contributed by atoms with E-state index in [4.69, 9.17) is 14.2 Å². The predicted molar refractivity (Wildman–Crippen MR) is 128 cm³/mol. The quantitative estimate of drug-likeness (QED) is 0.527. The Morgan fingerprint density at radius 1 is 0.909 bits per heavy atom. The van der Waals surface area contributed by atoms with Crippen molar-refractivity contribution in [2.75, 3.05) is 27.3 Å². The minimum Gasteiger partial charge on any atom is -0.497 e. The van der Waals surface area contributed by atoms with Crippen molar-refractivity contribution in [2.45, 2.75) is 25.4 Å². The molecule has 1 saturated heterocycles. The third-order valence-electron chi connectivity index (χ3n) is 5.74. The maximum Gasteiger partial charge on any atom is 0.224 e. The Kier molecular flexibility index (Phi) is 7.47. The second-order valence-corrected chi connectivity index (χ2v) is 8.22. The van der Waals surface area contributed by atoms with Crippen molar-refractivity contribution in [3.05, 3.63) is 83.9 Å². The third kappa shape index (κ3) is 6.26. The lowest BCUT2D eigenvalue weighted by molar-refractivity contribution is -0.121. The van der Waals surface area contributed by atoms with Crippen LogP contribution in [0, 0.1) is 0 Å². The lowest BCUT2D eigenvalue weighted by Crippen LogP contribution is -2.37. The van der Waals surface area contributed by atoms with Crippen molar-refractivity contribution in [1.82, 2.24) is 10.2 Å². The minimum atomic E-state index is 0.0438. The van der Waals surface area contributed by atoms with Crippen molar-refractivity contribution in [2.24, 2.45) is 0 Å². The number of carbonyl (C=O) groups excluding carboxylic acids is 1. The molecule has 33 heavy (non-hydrogen) atoms. The Balaban J connectivity index is 1.29. The zero-order valence-corrected chi connectivity index (χ0v) is 19.1. The molecule has 1 amide bonds. The van der Waals surface area contributed by atoms with E-state index >= 15 is 0 Å². The number of amides is 1. The van der Waals surface area contributed by atoms with Crippen LogP contribution in [0.3, 0.4) is 0 Å². The van der Waals surface area contributed by atoms with E-state index in [9.17, 15) is 4.79 Å². The number of hydrogen-bond acceptors (Lipinski definition) is 5. The van der Waals surface area contributed by atoms with Crippen LogP contribution in [0.1, 0.15) is 17.5 Å². The number of likely N-dealkylation sites (tertiary alicyclic amines) is 1. The molecule has 1 fully saturated rings. The lowest BCUT2D eigenvalue weighted by Gasteiger charge is -2.17. The standard InChI is InChI=1S/C27H30N2O4/c1-31-23-9-5-7-20(15-23)17-27(30)28-22-13-14-29(19-22)18-21-8-6-10-24(16-21)33-26-12-4-3-11-25(26)32-2/h3-12,15-16,22H,13-14,17-19H2,1-2H3,(H,28,30). The van der Waals surface area contributed by atoms with Crippen molar-refractivity contribution in [3.63, 3.8) is 0 Å². The van der Waals surface area contributed by atoms with E-state index < -0.39 is 0 Å². The van der Waals surface area contributed by atoms with Gasteiger partial charge < -0.3 is 19.5 Å². The first-order chi connectivity index (χ1) is 16.1. The van der Waals surface area contributed by atoms with Gasteiger partial charge in [-0.15, -0.1) is 0 Å². The Labute approximate surface area is 195 Å². The summed E-state index contributed by atoms with van der Waals surface area (Å²) in [4.78, 5) is 14.9. The molecule has 6 heteroatoms. The monoisotopic (exact) mass is 446 g/mol. The van der Waals surface area contributed by atoms with Gasteiger partial charge in [-0.3, -0.25) is 9.69 Å². The van der Waals surface area contributed by atoms with Crippen LogP contribution in [0.4, 0.5) is 0 Å². The first-order valence-corrected chi connectivity index (χ1v) is 11.2. The fourth-order valence-corrected chi connectivity index (χ4v) is 4.14. The van der Waals surface area contributed by atoms with Crippen LogP contribution in [-0.4, -0.2) is 44.2 Å². The maximum absolute atomic E-state index is 12.5. The minimum absolute atomic E-state index is 0.0438. The fourth-order valence-electron chi connectivity index (χ4n) is 4.14. The number of nitrogens with zero attached hydrogens (tertiary/aromatic N) is 1. The molecule has 172 valence electrons. The van der Waals surface area contributed by atoms with Crippen LogP contribution in [0.2, 0.25) is 0 Å². The molecule has 6 nitrogen and oxygen atoms in total. The van der Waals surface area contributed by atoms with E-state index in [1.807, 2.05) is 60.7 Å². The second-order valence-electron chi connectivity index (χ2n) is 8.22. The molecule has 0 saturated carbocycles. The number of ether oxygens (including phenoxy) is 3. The molecule has 0 aliphatic carbocycles. The van der Waals surface area contributed by atoms with E-state index in [1.165, 1.54) is 5.56 Å². The second kappa shape index (κ2) is 10.9. The van der Waals surface area contributed by atoms with Crippen molar-refractivity contribution >= 4 is 5.91 Å². The molecule has 1 atom stereocenters. The highest BCUT2D eigenvalue weighted by Gasteiger charge is 2.24. The molecule has 1 aliphatic rings. The van der Waals surface area contributed by atoms with Gasteiger partial charge >= 0.3 is 0 Å². The molecule has 1 unspecified atom stereocenters. The summed E-state index contributed by atoms with van der Waals surface area (Å²) in [6, 6.07) is 23.5. The number of nitrogens with one attached hydrogen (secondary N) is 1. The molecule has 0 spiro atoms. The molecule has 3 aromatic carbocycles. The van der Waals surface area contributed by atoms with Crippen LogP contribution < -0.4 is 19.5 Å². The van der Waals surface area contributed by atoms with Gasteiger partial charge in [-0.1, -0.05) is 36.4 Å². The van der Waals surface area contributed by atoms with Crippen molar-refractivity contribution in [3.8, 4) is 23.0 Å². The smallest absolute Gasteiger partial charge is 0.224 e. The van der Waals surface area contributed by atoms with Crippen LogP contribution in [-0.2, 0) is 17.8 Å². The molecular formula is C27H30N2O4. The summed E-state index contributed by atoms with van der Waals surface area (Å²) in [7, 11) is 3.27. The van der Waals surface area contributed by atoms with Crippen LogP contribution >= 0.6 is 0 Å². The fraction of sp³-hybridized carbons (Fsp3) is 0.296. The van der Waals surface area contributed by atoms with Crippen molar-refractivity contribution in [1.29, 1.82) is 0 Å². The molecule has 1 aliphatic heterocycles. The number of benzene rings is 3. The van der Waals surface area contributed by atoms with Crippen molar-refractivity contribution < 1.29 is 19.0 Å². The summed E-state index contributed by atoms with van der Waals surface area (Å²) in [5, 5.41) is 3.18. The first-order valence-electron chi connectivity index (χ1n) is 11.2. The Hall–Kier alpha value is -3.51. The van der Waals surface area contributed by atoms with Gasteiger partial charge in [0.05, 0.1) is 20.6 Å². The molecule has 1 heterocycles. The van der Waals surface area contributed by atoms with Gasteiger partial charge in [0.25, 0.3) is 0 Å². The summed E-state index contributed by atoms with van der Waals surface area (Å²) in [6.45, 7) is 2.59. The summed E-state index contributed by atoms with van der Waals surface area (Å²) < 4.78 is 16.7. The largest absolute Gasteiger partial charge is 0.497 e. The van der Waals surface area contributed by atoms with E-state index in [0.29, 0.717) is 17.9 Å². The number of hydrogen-bond donors (Lipinski definition) is 1. The molecule has 0 bridgehead atoms. The number of carbonyl (C=O) groups is 1. The van der Waals surface area contributed by atoms with Gasteiger partial charge in [0.15, 0.2) is 11.5 Å². The Morgan fingerprint density at radius 2 is 1.64 bits per heavy atom. The van der Waals surface area contributed by atoms with Gasteiger partial charge in [0.1, 0.15) is 11.5 Å². The summed E-state index contributed by atoms with van der Waals surface area (Å²) in [5.74, 6) is 2.98. The normalized spacial score (nSPS) is 15.8. The lowest BCUT2D eigenvalue weighted by atomic mass is 10.1. The molecule has 0 aromatic heterocycles. The molecule has 3 aromatic rings. The maximum atomic E-state index is 12.5. The zero-order chi connectivity index (χ0) is 23.0. The van der Waals surface area contributed by atoms with Crippen LogP contribution in [0.15, 0.2) is 72.8 Å². The average Bonchev–Trinajstić information content (AvgIpc) is 3.26. The summed E-state index contributed by atoms with van der Waals surface area (Å²) in [5.41, 5.74) is 2.12. The van der Waals surface area contributed by atoms with Gasteiger partial charge in [-0.2, -0.15) is 0 Å². The van der Waals surface area contributed by atoms with Gasteiger partial charge in [-0.25, -0.2) is 0 Å². The highest BCUT2D eigenvalue weighted by molar-refractivity contribution is 5.79. The van der Waals surface area contributed by atoms with E-state index in [2.05, 4.69) is 22.3 Å². The summed E-state index contributed by atoms with van der Waals surface area (Å²) in [6.07, 6.45) is 1.30. The Bertz CT molecular complexity index is 1080. The zero-order valence-electron chi connectivity index (χ0n) is 19.1. The van der Waals surface area contributed by atoms with Gasteiger partial charge in [-0.05, 0) is 53.9 Å². The SMILES string of the molecule is COc1cccc(CC(=O)NC2CCN(Cc3cccc(Oc4ccccc4OC)c3)C2)c1. The molecule has 1 N–H and O–H groups in total. The Morgan fingerprint density at radius 3 is 2.42 bits per heavy atom. The van der Waals surface area contributed by atoms with Gasteiger partial charge in [0.2, 0.25) is 5.91 Å². The van der Waals surface area contributed by atoms with E-state index in [0.717, 1.165) is 43.1 Å². The molecule has 0 radical (unpaired) electrons. The van der Waals surface area contributed by atoms with Gasteiger partial charge in [0, 0.05) is 25.7 Å². The highest BCUT2D eigenvalue weighted by Crippen LogP contribution is 2.31. The number of methoxy groups -OCH3 is 2. The number of para-hydroxylation sites is 2. The average molecular weight is 447 g/mol. The summed E-state index contributed by atoms with van der Waals surface area (Å²) >= 11 is 0. The molecular weight excluding hydrogens is 416 g/mol. The third-order valence-corrected chi connectivity index (χ3v) is 5.74. The van der Waals surface area contributed by atoms with Crippen LogP contribution in [0.25, 0.3) is 0 Å².